The predicted octanol–water partition coefficient (Wildman–Crippen LogP) is 2.88. The van der Waals surface area contributed by atoms with Crippen molar-refractivity contribution >= 4 is 5.69 Å². The molecule has 0 amide bonds. The molecule has 0 atom stereocenters. The summed E-state index contributed by atoms with van der Waals surface area (Å²) >= 11 is 0. The van der Waals surface area contributed by atoms with Crippen molar-refractivity contribution < 1.29 is 35.1 Å². The van der Waals surface area contributed by atoms with Gasteiger partial charge in [0.2, 0.25) is 0 Å². The van der Waals surface area contributed by atoms with E-state index in [0.29, 0.717) is 5.69 Å². The molecular weight excluding hydrogens is 340 g/mol. The number of nitrogens with zero attached hydrogens (tertiary/aromatic N) is 2. The molecule has 0 heterocycles. The number of ether oxygens (including phenoxy) is 1. The van der Waals surface area contributed by atoms with E-state index in [2.05, 4.69) is 42.7 Å². The van der Waals surface area contributed by atoms with Crippen molar-refractivity contribution in [3.05, 3.63) is 73.4 Å². The van der Waals surface area contributed by atoms with Crippen LogP contribution in [0.3, 0.4) is 0 Å². The van der Waals surface area contributed by atoms with Gasteiger partial charge >= 0.3 is 22.6 Å². The number of rotatable bonds is 2. The Balaban J connectivity index is -0.000000246. The molecule has 2 rings (SSSR count). The van der Waals surface area contributed by atoms with E-state index >= 15 is 0 Å². The Bertz CT molecular complexity index is 427. The van der Waals surface area contributed by atoms with Crippen molar-refractivity contribution in [2.45, 2.75) is 0 Å². The van der Waals surface area contributed by atoms with E-state index in [0.717, 1.165) is 5.75 Å². The van der Waals surface area contributed by atoms with E-state index in [4.69, 9.17) is 19.6 Å². The van der Waals surface area contributed by atoms with E-state index in [1.54, 1.807) is 37.4 Å². The molecule has 0 aliphatic carbocycles. The van der Waals surface area contributed by atoms with E-state index in [9.17, 15) is 0 Å². The zero-order valence-corrected chi connectivity index (χ0v) is 12.4. The molecule has 0 unspecified atom stereocenters. The summed E-state index contributed by atoms with van der Waals surface area (Å²) in [6, 6.07) is 18.8. The third kappa shape index (κ3) is 12.6. The molecule has 5 nitrogen and oxygen atoms in total. The van der Waals surface area contributed by atoms with Gasteiger partial charge in [0.15, 0.2) is 0 Å². The minimum Gasteiger partial charge on any atom is -0.999 e. The number of hydrogen-bond donors (Lipinski definition) is 0. The second-order valence-corrected chi connectivity index (χ2v) is 2.48. The third-order valence-electron chi connectivity index (χ3n) is 1.54. The summed E-state index contributed by atoms with van der Waals surface area (Å²) in [5.41, 5.74) is 8.81. The van der Waals surface area contributed by atoms with Crippen molar-refractivity contribution in [2.24, 2.45) is 5.11 Å². The van der Waals surface area contributed by atoms with Crippen molar-refractivity contribution in [2.75, 3.05) is 7.11 Å². The number of hydrogen-bond acceptors (Lipinski definition) is 2. The maximum atomic E-state index is 8.29. The van der Waals surface area contributed by atoms with Crippen LogP contribution in [0.25, 0.3) is 5.53 Å². The quantitative estimate of drug-likeness (QED) is 0.355. The average molecular weight is 348 g/mol. The summed E-state index contributed by atoms with van der Waals surface area (Å²) in [4.78, 5) is 0. The van der Waals surface area contributed by atoms with Gasteiger partial charge in [0.1, 0.15) is 5.75 Å². The smallest absolute Gasteiger partial charge is 0 e. The molecule has 104 valence electrons. The summed E-state index contributed by atoms with van der Waals surface area (Å²) in [5.74, 6) is 0.757. The maximum Gasteiger partial charge on any atom is 0 e. The van der Waals surface area contributed by atoms with Gasteiger partial charge in [-0.3, -0.25) is 0 Å². The van der Waals surface area contributed by atoms with Gasteiger partial charge in [0.25, 0.3) is 0 Å². The van der Waals surface area contributed by atoms with Crippen molar-refractivity contribution in [3.63, 3.8) is 0 Å². The molecular formula is C14H8MoN2O3-6. The Morgan fingerprint density at radius 3 is 1.80 bits per heavy atom. The molecule has 2 aromatic carbocycles. The summed E-state index contributed by atoms with van der Waals surface area (Å²) in [6.07, 6.45) is 0. The van der Waals surface area contributed by atoms with Crippen LogP contribution in [0, 0.1) is 37.6 Å². The van der Waals surface area contributed by atoms with E-state index in [-0.39, 0.29) is 21.1 Å². The molecule has 0 bridgehead atoms. The normalized spacial score (nSPS) is 6.65. The average Bonchev–Trinajstić information content (AvgIpc) is 3.11. The predicted molar refractivity (Wildman–Crippen MR) is 63.7 cm³/mol. The van der Waals surface area contributed by atoms with Crippen LogP contribution in [0.5, 0.6) is 5.75 Å². The molecule has 0 aromatic heterocycles. The Kier molecular flexibility index (Phi) is 22.6. The Hall–Kier alpha value is -1.86. The van der Waals surface area contributed by atoms with Gasteiger partial charge < -0.3 is 45.7 Å². The van der Waals surface area contributed by atoms with Crippen LogP contribution < -0.4 is 4.74 Å². The van der Waals surface area contributed by atoms with Gasteiger partial charge in [-0.05, 0) is 24.3 Å². The molecule has 0 spiro atoms. The van der Waals surface area contributed by atoms with Crippen molar-refractivity contribution in [3.8, 4) is 5.75 Å². The molecule has 6 heteroatoms. The molecule has 0 saturated heterocycles. The molecule has 0 saturated carbocycles. The Labute approximate surface area is 132 Å². The van der Waals surface area contributed by atoms with Crippen molar-refractivity contribution in [1.29, 1.82) is 0 Å². The summed E-state index contributed by atoms with van der Waals surface area (Å²) < 4.78 is 19.9. The van der Waals surface area contributed by atoms with Gasteiger partial charge in [0.05, 0.1) is 7.11 Å². The molecule has 0 aliphatic rings. The van der Waals surface area contributed by atoms with Crippen LogP contribution in [0.2, 0.25) is 0 Å². The second kappa shape index (κ2) is 19.5. The molecule has 0 aliphatic heterocycles. The topological polar surface area (TPSA) is 83.7 Å². The summed E-state index contributed by atoms with van der Waals surface area (Å²) in [7, 11) is 1.59. The van der Waals surface area contributed by atoms with Crippen LogP contribution in [-0.4, -0.2) is 7.11 Å². The fourth-order valence-electron chi connectivity index (χ4n) is 0.829. The van der Waals surface area contributed by atoms with E-state index in [1.165, 1.54) is 0 Å². The monoisotopic (exact) mass is 350 g/mol. The molecule has 20 heavy (non-hydrogen) atoms. The number of benzene rings is 1. The standard InChI is InChI=1S/C7H7N2O.C5H.2CO.Mo/c1-10-7-4-2-6(9-8)3-5-7;1-2-4-5-3-1;2*1-2;/h2-5H,1H3;1H;;;/q-1;-5;;;. The SMILES string of the molecule is COc1ccc(N=[N-])cc1.[C-]#[O+].[C-]#[O+].[Mo].[c-]1[c-][c-][cH-][c-]1. The van der Waals surface area contributed by atoms with E-state index in [1.807, 2.05) is 0 Å². The van der Waals surface area contributed by atoms with Gasteiger partial charge in [-0.15, -0.1) is 0 Å². The van der Waals surface area contributed by atoms with Crippen LogP contribution in [-0.2, 0) is 30.4 Å². The maximum absolute atomic E-state index is 8.29. The molecule has 0 radical (unpaired) electrons. The number of methoxy groups -OCH3 is 1. The zero-order valence-electron chi connectivity index (χ0n) is 10.4. The van der Waals surface area contributed by atoms with Crippen LogP contribution in [0.15, 0.2) is 35.4 Å². The first-order valence-electron chi connectivity index (χ1n) is 4.59. The minimum atomic E-state index is 0. The molecule has 2 aromatic rings. The van der Waals surface area contributed by atoms with Crippen LogP contribution in [0.1, 0.15) is 0 Å². The van der Waals surface area contributed by atoms with Crippen molar-refractivity contribution in [1.82, 2.24) is 0 Å². The van der Waals surface area contributed by atoms with Gasteiger partial charge in [-0.1, -0.05) is 0 Å². The summed E-state index contributed by atoms with van der Waals surface area (Å²) in [5, 5.41) is 2.99. The zero-order chi connectivity index (χ0) is 14.9. The van der Waals surface area contributed by atoms with E-state index < -0.39 is 0 Å². The van der Waals surface area contributed by atoms with Gasteiger partial charge in [-0.2, -0.15) is 0 Å². The fraction of sp³-hybridized carbons (Fsp3) is 0.0714. The van der Waals surface area contributed by atoms with Crippen LogP contribution in [0.4, 0.5) is 5.69 Å². The summed E-state index contributed by atoms with van der Waals surface area (Å²) in [6.45, 7) is 9.00. The third-order valence-corrected chi connectivity index (χ3v) is 1.54. The van der Waals surface area contributed by atoms with Gasteiger partial charge in [0, 0.05) is 26.8 Å². The second-order valence-electron chi connectivity index (χ2n) is 2.48. The Morgan fingerprint density at radius 2 is 1.55 bits per heavy atom. The van der Waals surface area contributed by atoms with Crippen LogP contribution >= 0.6 is 0 Å². The van der Waals surface area contributed by atoms with Gasteiger partial charge in [-0.25, -0.2) is 0 Å². The first-order valence-corrected chi connectivity index (χ1v) is 4.59. The first-order chi connectivity index (χ1) is 9.36. The largest absolute Gasteiger partial charge is 0.999 e. The Morgan fingerprint density at radius 1 is 1.10 bits per heavy atom. The first kappa shape index (κ1) is 23.2. The molecule has 0 N–H and O–H groups in total. The fourth-order valence-corrected chi connectivity index (χ4v) is 0.829. The molecule has 0 fully saturated rings. The minimum absolute atomic E-state index is 0.